The number of carbonyl (C=O) groups excluding carboxylic acids is 1. The van der Waals surface area contributed by atoms with E-state index in [2.05, 4.69) is 60.3 Å². The summed E-state index contributed by atoms with van der Waals surface area (Å²) in [6, 6.07) is 20.8. The molecule has 1 spiro atoms. The van der Waals surface area contributed by atoms with Gasteiger partial charge in [-0.05, 0) is 76.2 Å². The number of anilines is 1. The number of urea groups is 1. The fourth-order valence-electron chi connectivity index (χ4n) is 6.29. The highest BCUT2D eigenvalue weighted by molar-refractivity contribution is 5.96. The second-order valence-corrected chi connectivity index (χ2v) is 10.4. The number of rotatable bonds is 5. The van der Waals surface area contributed by atoms with E-state index in [4.69, 9.17) is 0 Å². The third kappa shape index (κ3) is 3.61. The van der Waals surface area contributed by atoms with E-state index in [0.29, 0.717) is 18.0 Å². The van der Waals surface area contributed by atoms with E-state index >= 15 is 0 Å². The van der Waals surface area contributed by atoms with E-state index in [1.165, 1.54) is 24.8 Å². The lowest BCUT2D eigenvalue weighted by Crippen LogP contribution is -2.56. The van der Waals surface area contributed by atoms with Crippen LogP contribution in [0, 0.1) is 17.2 Å². The van der Waals surface area contributed by atoms with E-state index in [-0.39, 0.29) is 17.1 Å². The smallest absolute Gasteiger partial charge is 0.317 e. The van der Waals surface area contributed by atoms with Gasteiger partial charge in [-0.3, -0.25) is 9.80 Å². The van der Waals surface area contributed by atoms with E-state index in [1.54, 1.807) is 0 Å². The van der Waals surface area contributed by atoms with Gasteiger partial charge in [-0.2, -0.15) is 5.26 Å². The Morgan fingerprint density at radius 1 is 1.00 bits per heavy atom. The minimum atomic E-state index is -0.163. The molecule has 33 heavy (non-hydrogen) atoms. The quantitative estimate of drug-likeness (QED) is 0.625. The van der Waals surface area contributed by atoms with Crippen molar-refractivity contribution in [3.63, 3.8) is 0 Å². The molecule has 3 fully saturated rings. The van der Waals surface area contributed by atoms with E-state index in [9.17, 15) is 10.1 Å². The van der Waals surface area contributed by atoms with Crippen LogP contribution in [0.15, 0.2) is 54.6 Å². The van der Waals surface area contributed by atoms with E-state index in [1.807, 2.05) is 29.2 Å². The van der Waals surface area contributed by atoms with Gasteiger partial charge in [0.05, 0.1) is 23.3 Å². The van der Waals surface area contributed by atoms with Gasteiger partial charge in [-0.1, -0.05) is 48.9 Å². The first-order chi connectivity index (χ1) is 16.0. The molecule has 0 N–H and O–H groups in total. The summed E-state index contributed by atoms with van der Waals surface area (Å²) in [6.45, 7) is 1.53. The predicted molar refractivity (Wildman–Crippen MR) is 131 cm³/mol. The molecule has 2 aromatic rings. The maximum Gasteiger partial charge on any atom is 0.325 e. The first-order valence-corrected chi connectivity index (χ1v) is 12.3. The van der Waals surface area contributed by atoms with Crippen molar-refractivity contribution in [2.75, 3.05) is 32.1 Å². The summed E-state index contributed by atoms with van der Waals surface area (Å²) in [5.74, 6) is 0.617. The Morgan fingerprint density at radius 3 is 2.27 bits per heavy atom. The Balaban J connectivity index is 1.47. The van der Waals surface area contributed by atoms with Gasteiger partial charge in [0, 0.05) is 12.1 Å². The van der Waals surface area contributed by atoms with Crippen molar-refractivity contribution >= 4 is 11.7 Å². The highest BCUT2D eigenvalue weighted by atomic mass is 16.2. The van der Waals surface area contributed by atoms with Crippen LogP contribution >= 0.6 is 0 Å². The normalized spacial score (nSPS) is 27.8. The van der Waals surface area contributed by atoms with Gasteiger partial charge in [0.1, 0.15) is 6.07 Å². The van der Waals surface area contributed by atoms with Crippen LogP contribution in [0.2, 0.25) is 0 Å². The van der Waals surface area contributed by atoms with E-state index in [0.717, 1.165) is 37.9 Å². The average Bonchev–Trinajstić information content (AvgIpc) is 3.08. The van der Waals surface area contributed by atoms with Crippen LogP contribution in [-0.4, -0.2) is 48.6 Å². The van der Waals surface area contributed by atoms with Gasteiger partial charge in [0.25, 0.3) is 0 Å². The summed E-state index contributed by atoms with van der Waals surface area (Å²) >= 11 is 0. The molecule has 5 heteroatoms. The van der Waals surface area contributed by atoms with Gasteiger partial charge in [-0.15, -0.1) is 0 Å². The van der Waals surface area contributed by atoms with Crippen LogP contribution in [-0.2, 0) is 5.54 Å². The molecule has 1 aliphatic heterocycles. The molecule has 5 nitrogen and oxygen atoms in total. The molecule has 5 rings (SSSR count). The van der Waals surface area contributed by atoms with Gasteiger partial charge in [0.2, 0.25) is 0 Å². The lowest BCUT2D eigenvalue weighted by molar-refractivity contribution is 0.0172. The maximum absolute atomic E-state index is 13.8. The zero-order valence-electron chi connectivity index (χ0n) is 19.8. The zero-order chi connectivity index (χ0) is 23.1. The highest BCUT2D eigenvalue weighted by Crippen LogP contribution is 2.50. The zero-order valence-corrected chi connectivity index (χ0v) is 19.8. The lowest BCUT2D eigenvalue weighted by Gasteiger charge is -2.51. The highest BCUT2D eigenvalue weighted by Gasteiger charge is 2.55. The number of benzene rings is 2. The molecular weight excluding hydrogens is 408 g/mol. The Kier molecular flexibility index (Phi) is 5.66. The second-order valence-electron chi connectivity index (χ2n) is 10.4. The molecule has 0 aromatic heterocycles. The molecule has 1 heterocycles. The summed E-state index contributed by atoms with van der Waals surface area (Å²) in [6.07, 6.45) is 7.71. The van der Waals surface area contributed by atoms with Crippen molar-refractivity contribution in [3.8, 4) is 6.07 Å². The standard InChI is InChI=1S/C28H34N4O/c1-30(2)28(24-12-4-3-5-13-24)17-15-27(16-18-28)21-31(25-14-7-6-11-23(25)19-29)26(33)32(27)20-22-9-8-10-22/h3-7,11-14,22H,8-10,15-18,20-21H2,1-2H3/t27-,28-. The molecule has 2 aliphatic carbocycles. The molecule has 0 radical (unpaired) electrons. The monoisotopic (exact) mass is 442 g/mol. The first kappa shape index (κ1) is 22.0. The van der Waals surface area contributed by atoms with Crippen LogP contribution in [0.4, 0.5) is 10.5 Å². The molecule has 0 unspecified atom stereocenters. The van der Waals surface area contributed by atoms with Crippen LogP contribution in [0.1, 0.15) is 56.1 Å². The summed E-state index contributed by atoms with van der Waals surface area (Å²) < 4.78 is 0. The summed E-state index contributed by atoms with van der Waals surface area (Å²) in [7, 11) is 4.37. The van der Waals surface area contributed by atoms with Crippen LogP contribution in [0.25, 0.3) is 0 Å². The van der Waals surface area contributed by atoms with Crippen molar-refractivity contribution in [3.05, 3.63) is 65.7 Å². The van der Waals surface area contributed by atoms with Crippen molar-refractivity contribution in [1.29, 1.82) is 5.26 Å². The fourth-order valence-corrected chi connectivity index (χ4v) is 6.29. The van der Waals surface area contributed by atoms with Gasteiger partial charge in [0.15, 0.2) is 0 Å². The molecule has 0 atom stereocenters. The molecule has 2 aromatic carbocycles. The summed E-state index contributed by atoms with van der Waals surface area (Å²) in [5.41, 5.74) is 2.53. The summed E-state index contributed by atoms with van der Waals surface area (Å²) in [5, 5.41) is 9.67. The van der Waals surface area contributed by atoms with Crippen molar-refractivity contribution in [2.45, 2.75) is 56.0 Å². The minimum absolute atomic E-state index is 0.00429. The van der Waals surface area contributed by atoms with Crippen molar-refractivity contribution in [2.24, 2.45) is 5.92 Å². The number of hydrogen-bond acceptors (Lipinski definition) is 3. The number of hydrogen-bond donors (Lipinski definition) is 0. The molecule has 0 bridgehead atoms. The van der Waals surface area contributed by atoms with Crippen molar-refractivity contribution < 1.29 is 4.79 Å². The Labute approximate surface area is 197 Å². The SMILES string of the molecule is CN(C)[C@]1(c2ccccc2)CC[C@@]2(CC1)CN(c1ccccc1C#N)C(=O)N2CC1CCC1. The molecular formula is C28H34N4O. The largest absolute Gasteiger partial charge is 0.325 e. The lowest BCUT2D eigenvalue weighted by atomic mass is 9.68. The third-order valence-electron chi connectivity index (χ3n) is 8.64. The van der Waals surface area contributed by atoms with Crippen LogP contribution < -0.4 is 4.90 Å². The van der Waals surface area contributed by atoms with Crippen molar-refractivity contribution in [1.82, 2.24) is 9.80 Å². The molecule has 1 saturated heterocycles. The Bertz CT molecular complexity index is 1050. The molecule has 3 aliphatic rings. The number of nitriles is 1. The third-order valence-corrected chi connectivity index (χ3v) is 8.64. The molecule has 2 saturated carbocycles. The predicted octanol–water partition coefficient (Wildman–Crippen LogP) is 5.37. The number of carbonyl (C=O) groups is 1. The topological polar surface area (TPSA) is 50.6 Å². The number of nitrogens with zero attached hydrogens (tertiary/aromatic N) is 4. The maximum atomic E-state index is 13.8. The van der Waals surface area contributed by atoms with Gasteiger partial charge >= 0.3 is 6.03 Å². The van der Waals surface area contributed by atoms with E-state index < -0.39 is 0 Å². The van der Waals surface area contributed by atoms with Crippen LogP contribution in [0.5, 0.6) is 0 Å². The van der Waals surface area contributed by atoms with Gasteiger partial charge in [-0.25, -0.2) is 4.79 Å². The Hall–Kier alpha value is -2.84. The average molecular weight is 443 g/mol. The molecule has 172 valence electrons. The van der Waals surface area contributed by atoms with Crippen LogP contribution in [0.3, 0.4) is 0 Å². The fraction of sp³-hybridized carbons (Fsp3) is 0.500. The van der Waals surface area contributed by atoms with Gasteiger partial charge < -0.3 is 4.90 Å². The minimum Gasteiger partial charge on any atom is -0.317 e. The number of para-hydroxylation sites is 1. The Morgan fingerprint density at radius 2 is 1.67 bits per heavy atom. The number of amides is 2. The first-order valence-electron chi connectivity index (χ1n) is 12.3. The second kappa shape index (κ2) is 8.50. The molecule has 2 amide bonds. The summed E-state index contributed by atoms with van der Waals surface area (Å²) in [4.78, 5) is 20.3.